The molecule has 146 valence electrons. The lowest BCUT2D eigenvalue weighted by atomic mass is 9.97. The zero-order valence-electron chi connectivity index (χ0n) is 16.3. The summed E-state index contributed by atoms with van der Waals surface area (Å²) in [7, 11) is 1.64. The van der Waals surface area contributed by atoms with Crippen molar-refractivity contribution in [2.75, 3.05) is 24.2 Å². The standard InChI is InChI=1S/C21H19FN6O/c1-4-5-16(29)26-15-7-6-12(2)17(18(15)22)14-10-13-11-25-21(23-3)27-19(13)28-9-8-24-20(14)28/h6-7,10-11,24H,8-9H2,1-3H3,(H,26,29). The Morgan fingerprint density at radius 1 is 1.41 bits per heavy atom. The van der Waals surface area contributed by atoms with E-state index in [-0.39, 0.29) is 5.69 Å². The highest BCUT2D eigenvalue weighted by atomic mass is 19.1. The van der Waals surface area contributed by atoms with Crippen molar-refractivity contribution in [1.29, 1.82) is 0 Å². The summed E-state index contributed by atoms with van der Waals surface area (Å²) in [6, 6.07) is 5.18. The molecule has 0 spiro atoms. The van der Waals surface area contributed by atoms with Gasteiger partial charge in [0.25, 0.3) is 5.91 Å². The summed E-state index contributed by atoms with van der Waals surface area (Å²) < 4.78 is 17.5. The van der Waals surface area contributed by atoms with Gasteiger partial charge in [-0.15, -0.1) is 0 Å². The fourth-order valence-corrected chi connectivity index (χ4v) is 3.53. The molecule has 4 rings (SSSR count). The maximum atomic E-state index is 15.5. The number of carbonyl (C=O) groups is 1. The van der Waals surface area contributed by atoms with Crippen LogP contribution in [0.15, 0.2) is 29.4 Å². The molecule has 7 nitrogen and oxygen atoms in total. The Morgan fingerprint density at radius 3 is 3.00 bits per heavy atom. The van der Waals surface area contributed by atoms with Crippen molar-refractivity contribution in [1.82, 2.24) is 14.5 Å². The van der Waals surface area contributed by atoms with Gasteiger partial charge in [-0.1, -0.05) is 12.0 Å². The van der Waals surface area contributed by atoms with Crippen molar-refractivity contribution in [3.63, 3.8) is 0 Å². The molecule has 0 radical (unpaired) electrons. The lowest BCUT2D eigenvalue weighted by molar-refractivity contribution is -0.111. The van der Waals surface area contributed by atoms with Crippen molar-refractivity contribution in [2.24, 2.45) is 4.99 Å². The highest BCUT2D eigenvalue weighted by Gasteiger charge is 2.25. The number of anilines is 2. The minimum absolute atomic E-state index is 0.0894. The van der Waals surface area contributed by atoms with E-state index in [4.69, 9.17) is 0 Å². The predicted molar refractivity (Wildman–Crippen MR) is 109 cm³/mol. The maximum Gasteiger partial charge on any atom is 0.300 e. The lowest BCUT2D eigenvalue weighted by Gasteiger charge is -2.19. The number of hydrogen-bond donors (Lipinski definition) is 2. The van der Waals surface area contributed by atoms with Crippen LogP contribution in [0.5, 0.6) is 0 Å². The van der Waals surface area contributed by atoms with Gasteiger partial charge in [0.05, 0.1) is 5.69 Å². The van der Waals surface area contributed by atoms with Crippen molar-refractivity contribution in [3.05, 3.63) is 41.4 Å². The molecule has 0 aliphatic carbocycles. The Labute approximate surface area is 167 Å². The Kier molecular flexibility index (Phi) is 4.72. The number of rotatable bonds is 2. The van der Waals surface area contributed by atoms with E-state index in [2.05, 4.69) is 37.4 Å². The fraction of sp³-hybridized carbons (Fsp3) is 0.238. The first-order chi connectivity index (χ1) is 14.0. The summed E-state index contributed by atoms with van der Waals surface area (Å²) in [4.78, 5) is 24.6. The first-order valence-corrected chi connectivity index (χ1v) is 9.14. The van der Waals surface area contributed by atoms with E-state index in [1.807, 2.05) is 17.6 Å². The highest BCUT2D eigenvalue weighted by molar-refractivity contribution is 6.04. The van der Waals surface area contributed by atoms with E-state index in [1.54, 1.807) is 32.3 Å². The van der Waals surface area contributed by atoms with Crippen molar-refractivity contribution in [2.45, 2.75) is 20.4 Å². The van der Waals surface area contributed by atoms with Crippen LogP contribution in [0, 0.1) is 24.6 Å². The Morgan fingerprint density at radius 2 is 2.24 bits per heavy atom. The van der Waals surface area contributed by atoms with Crippen LogP contribution in [0.3, 0.4) is 0 Å². The molecule has 3 aliphatic heterocycles. The minimum atomic E-state index is -0.554. The third-order valence-corrected chi connectivity index (χ3v) is 4.80. The molecule has 0 fully saturated rings. The number of pyridine rings is 1. The SMILES string of the molecule is CC#CC(=O)Nc1ccc(C)c(-c2cc3cnc(=NC)nc-3n3c2NCC3)c1F. The van der Waals surface area contributed by atoms with Gasteiger partial charge in [0.2, 0.25) is 5.62 Å². The van der Waals surface area contributed by atoms with Gasteiger partial charge >= 0.3 is 0 Å². The molecule has 1 aromatic carbocycles. The molecular weight excluding hydrogens is 371 g/mol. The van der Waals surface area contributed by atoms with Gasteiger partial charge in [-0.3, -0.25) is 9.79 Å². The zero-order chi connectivity index (χ0) is 20.5. The summed E-state index contributed by atoms with van der Waals surface area (Å²) in [6.45, 7) is 4.79. The summed E-state index contributed by atoms with van der Waals surface area (Å²) in [5.74, 6) is 5.33. The number of benzene rings is 1. The maximum absolute atomic E-state index is 15.5. The smallest absolute Gasteiger partial charge is 0.300 e. The number of amides is 1. The molecule has 1 amide bonds. The molecule has 0 atom stereocenters. The summed E-state index contributed by atoms with van der Waals surface area (Å²) in [5.41, 5.74) is 3.12. The molecule has 0 saturated carbocycles. The van der Waals surface area contributed by atoms with Crippen molar-refractivity contribution in [3.8, 4) is 34.4 Å². The van der Waals surface area contributed by atoms with E-state index in [0.717, 1.165) is 22.8 Å². The van der Waals surface area contributed by atoms with Crippen LogP contribution in [0.1, 0.15) is 12.5 Å². The predicted octanol–water partition coefficient (Wildman–Crippen LogP) is 2.42. The molecule has 1 aromatic rings. The second-order valence-corrected chi connectivity index (χ2v) is 6.61. The third-order valence-electron chi connectivity index (χ3n) is 4.80. The molecule has 0 saturated heterocycles. The second-order valence-electron chi connectivity index (χ2n) is 6.61. The molecule has 0 aromatic heterocycles. The fourth-order valence-electron chi connectivity index (χ4n) is 3.53. The van der Waals surface area contributed by atoms with E-state index in [0.29, 0.717) is 29.8 Å². The number of nitrogens with one attached hydrogen (secondary N) is 2. The largest absolute Gasteiger partial charge is 0.369 e. The van der Waals surface area contributed by atoms with Crippen LogP contribution < -0.4 is 16.3 Å². The number of carbonyl (C=O) groups excluding carboxylic acids is 1. The van der Waals surface area contributed by atoms with Crippen molar-refractivity contribution < 1.29 is 9.18 Å². The highest BCUT2D eigenvalue weighted by Crippen LogP contribution is 2.40. The average molecular weight is 390 g/mol. The number of aromatic nitrogens is 3. The lowest BCUT2D eigenvalue weighted by Crippen LogP contribution is -2.17. The molecule has 29 heavy (non-hydrogen) atoms. The van der Waals surface area contributed by atoms with E-state index in [1.165, 1.54) is 0 Å². The number of halogens is 1. The summed E-state index contributed by atoms with van der Waals surface area (Å²) in [5, 5.41) is 5.84. The normalized spacial score (nSPS) is 12.9. The molecule has 3 aliphatic rings. The summed E-state index contributed by atoms with van der Waals surface area (Å²) >= 11 is 0. The molecule has 0 bridgehead atoms. The first kappa shape index (κ1) is 18.6. The number of fused-ring (bicyclic) bond motifs is 3. The molecule has 0 unspecified atom stereocenters. The molecule has 8 heteroatoms. The monoisotopic (exact) mass is 390 g/mol. The van der Waals surface area contributed by atoms with Crippen LogP contribution >= 0.6 is 0 Å². The number of nitrogens with zero attached hydrogens (tertiary/aromatic N) is 4. The van der Waals surface area contributed by atoms with Gasteiger partial charge in [0.15, 0.2) is 5.82 Å². The Balaban J connectivity index is 1.95. The van der Waals surface area contributed by atoms with Crippen LogP contribution in [-0.4, -0.2) is 34.0 Å². The first-order valence-electron chi connectivity index (χ1n) is 9.14. The van der Waals surface area contributed by atoms with Crippen LogP contribution in [0.4, 0.5) is 15.9 Å². The van der Waals surface area contributed by atoms with Gasteiger partial charge in [0.1, 0.15) is 11.6 Å². The molecule has 2 N–H and O–H groups in total. The topological polar surface area (TPSA) is 84.2 Å². The van der Waals surface area contributed by atoms with Gasteiger partial charge < -0.3 is 15.2 Å². The van der Waals surface area contributed by atoms with E-state index in [9.17, 15) is 4.79 Å². The quantitative estimate of drug-likeness (QED) is 0.658. The van der Waals surface area contributed by atoms with Crippen LogP contribution in [-0.2, 0) is 11.3 Å². The van der Waals surface area contributed by atoms with Crippen LogP contribution in [0.25, 0.3) is 22.5 Å². The number of hydrogen-bond acceptors (Lipinski definition) is 5. The average Bonchev–Trinajstić information content (AvgIpc) is 3.20. The molecular formula is C21H19FN6O. The Hall–Kier alpha value is -3.73. The second kappa shape index (κ2) is 7.36. The molecule has 3 heterocycles. The Bertz CT molecular complexity index is 1230. The third kappa shape index (κ3) is 3.21. The van der Waals surface area contributed by atoms with Crippen molar-refractivity contribution >= 4 is 17.4 Å². The van der Waals surface area contributed by atoms with Gasteiger partial charge in [-0.2, -0.15) is 4.98 Å². The number of aryl methyl sites for hydroxylation is 1. The minimum Gasteiger partial charge on any atom is -0.369 e. The zero-order valence-corrected chi connectivity index (χ0v) is 16.3. The summed E-state index contributed by atoms with van der Waals surface area (Å²) in [6.07, 6.45) is 1.69. The van der Waals surface area contributed by atoms with Gasteiger partial charge in [-0.25, -0.2) is 9.37 Å². The van der Waals surface area contributed by atoms with Crippen LogP contribution in [0.2, 0.25) is 0 Å². The van der Waals surface area contributed by atoms with Gasteiger partial charge in [-0.05, 0) is 37.5 Å². The van der Waals surface area contributed by atoms with Gasteiger partial charge in [0, 0.05) is 43.0 Å². The van der Waals surface area contributed by atoms with E-state index >= 15 is 4.39 Å². The van der Waals surface area contributed by atoms with E-state index < -0.39 is 11.7 Å².